The Morgan fingerprint density at radius 2 is 1.94 bits per heavy atom. The fourth-order valence-electron chi connectivity index (χ4n) is 1.62. The first kappa shape index (κ1) is 14.4. The first-order valence-electron chi connectivity index (χ1n) is 5.87. The van der Waals surface area contributed by atoms with Crippen molar-refractivity contribution in [3.8, 4) is 5.75 Å². The van der Waals surface area contributed by atoms with Gasteiger partial charge >= 0.3 is 6.09 Å². The molecule has 0 bridgehead atoms. The van der Waals surface area contributed by atoms with E-state index in [1.54, 1.807) is 7.11 Å². The third-order valence-corrected chi connectivity index (χ3v) is 2.75. The first-order chi connectivity index (χ1) is 8.38. The minimum absolute atomic E-state index is 0.0618. The quantitative estimate of drug-likeness (QED) is 0.898. The van der Waals surface area contributed by atoms with Crippen LogP contribution in [0.25, 0.3) is 0 Å². The Bertz CT molecular complexity index is 422. The van der Waals surface area contributed by atoms with Gasteiger partial charge in [0.05, 0.1) is 14.2 Å². The van der Waals surface area contributed by atoms with Crippen molar-refractivity contribution >= 4 is 6.09 Å². The Hall–Kier alpha value is -1.71. The van der Waals surface area contributed by atoms with Crippen molar-refractivity contribution in [3.63, 3.8) is 0 Å². The molecule has 1 N–H and O–H groups in total. The smallest absolute Gasteiger partial charge is 0.407 e. The Labute approximate surface area is 108 Å². The van der Waals surface area contributed by atoms with Crippen LogP contribution in [0.15, 0.2) is 18.2 Å². The van der Waals surface area contributed by atoms with Gasteiger partial charge in [-0.15, -0.1) is 0 Å². The van der Waals surface area contributed by atoms with E-state index >= 15 is 0 Å². The fourth-order valence-corrected chi connectivity index (χ4v) is 1.62. The second-order valence-electron chi connectivity index (χ2n) is 5.12. The standard InChI is InChI=1S/C14H21NO3/c1-14(2,3)11-6-7-12(17-4)10(8-11)9-15-13(16)18-5/h6-8H,9H2,1-5H3,(H,15,16). The van der Waals surface area contributed by atoms with Crippen LogP contribution in [0.2, 0.25) is 0 Å². The van der Waals surface area contributed by atoms with Crippen LogP contribution in [0.5, 0.6) is 5.75 Å². The van der Waals surface area contributed by atoms with Crippen molar-refractivity contribution in [2.45, 2.75) is 32.7 Å². The molecule has 0 aliphatic heterocycles. The summed E-state index contributed by atoms with van der Waals surface area (Å²) < 4.78 is 9.84. The highest BCUT2D eigenvalue weighted by Crippen LogP contribution is 2.27. The zero-order valence-corrected chi connectivity index (χ0v) is 11.7. The SMILES string of the molecule is COC(=O)NCc1cc(C(C)(C)C)ccc1OC. The van der Waals surface area contributed by atoms with Crippen molar-refractivity contribution < 1.29 is 14.3 Å². The van der Waals surface area contributed by atoms with Crippen LogP contribution in [0.1, 0.15) is 31.9 Å². The lowest BCUT2D eigenvalue weighted by molar-refractivity contribution is 0.170. The first-order valence-corrected chi connectivity index (χ1v) is 5.87. The molecule has 0 spiro atoms. The second kappa shape index (κ2) is 5.76. The van der Waals surface area contributed by atoms with E-state index in [1.165, 1.54) is 12.7 Å². The largest absolute Gasteiger partial charge is 0.496 e. The predicted octanol–water partition coefficient (Wildman–Crippen LogP) is 2.85. The lowest BCUT2D eigenvalue weighted by atomic mass is 9.86. The summed E-state index contributed by atoms with van der Waals surface area (Å²) in [4.78, 5) is 11.1. The summed E-state index contributed by atoms with van der Waals surface area (Å²) >= 11 is 0. The molecule has 0 aromatic heterocycles. The maximum atomic E-state index is 11.1. The molecular weight excluding hydrogens is 230 g/mol. The number of methoxy groups -OCH3 is 2. The van der Waals surface area contributed by atoms with Gasteiger partial charge < -0.3 is 14.8 Å². The number of benzene rings is 1. The molecule has 0 fully saturated rings. The zero-order chi connectivity index (χ0) is 13.8. The number of hydrogen-bond acceptors (Lipinski definition) is 3. The molecular formula is C14H21NO3. The number of amides is 1. The Morgan fingerprint density at radius 1 is 1.28 bits per heavy atom. The molecule has 1 amide bonds. The topological polar surface area (TPSA) is 47.6 Å². The molecule has 18 heavy (non-hydrogen) atoms. The number of carbonyl (C=O) groups is 1. The van der Waals surface area contributed by atoms with Crippen LogP contribution in [0.3, 0.4) is 0 Å². The number of rotatable bonds is 3. The van der Waals surface area contributed by atoms with Crippen LogP contribution in [-0.4, -0.2) is 20.3 Å². The normalized spacial score (nSPS) is 10.9. The van der Waals surface area contributed by atoms with E-state index in [9.17, 15) is 4.79 Å². The molecule has 1 aromatic rings. The van der Waals surface area contributed by atoms with E-state index in [1.807, 2.05) is 12.1 Å². The van der Waals surface area contributed by atoms with Gasteiger partial charge in [0, 0.05) is 12.1 Å². The maximum Gasteiger partial charge on any atom is 0.407 e. The van der Waals surface area contributed by atoms with Gasteiger partial charge in [-0.1, -0.05) is 26.8 Å². The third-order valence-electron chi connectivity index (χ3n) is 2.75. The van der Waals surface area contributed by atoms with Crippen molar-refractivity contribution in [3.05, 3.63) is 29.3 Å². The number of alkyl carbamates (subject to hydrolysis) is 1. The molecule has 0 atom stereocenters. The zero-order valence-electron chi connectivity index (χ0n) is 11.7. The van der Waals surface area contributed by atoms with E-state index in [2.05, 4.69) is 36.9 Å². The summed E-state index contributed by atoms with van der Waals surface area (Å²) in [6.07, 6.45) is -0.446. The lowest BCUT2D eigenvalue weighted by Crippen LogP contribution is -2.23. The molecule has 0 aliphatic carbocycles. The predicted molar refractivity (Wildman–Crippen MR) is 70.9 cm³/mol. The molecule has 0 aliphatic rings. The maximum absolute atomic E-state index is 11.1. The Kier molecular flexibility index (Phi) is 4.59. The van der Waals surface area contributed by atoms with Crippen LogP contribution in [0, 0.1) is 0 Å². The summed E-state index contributed by atoms with van der Waals surface area (Å²) in [6.45, 7) is 6.82. The lowest BCUT2D eigenvalue weighted by Gasteiger charge is -2.21. The van der Waals surface area contributed by atoms with E-state index in [-0.39, 0.29) is 5.41 Å². The van der Waals surface area contributed by atoms with Gasteiger partial charge in [0.25, 0.3) is 0 Å². The second-order valence-corrected chi connectivity index (χ2v) is 5.12. The van der Waals surface area contributed by atoms with Crippen molar-refractivity contribution in [1.29, 1.82) is 0 Å². The van der Waals surface area contributed by atoms with Crippen LogP contribution < -0.4 is 10.1 Å². The molecule has 1 rings (SSSR count). The van der Waals surface area contributed by atoms with Crippen LogP contribution in [0.4, 0.5) is 4.79 Å². The number of nitrogens with one attached hydrogen (secondary N) is 1. The Morgan fingerprint density at radius 3 is 2.44 bits per heavy atom. The molecule has 0 heterocycles. The van der Waals surface area contributed by atoms with Crippen LogP contribution >= 0.6 is 0 Å². The Balaban J connectivity index is 2.96. The van der Waals surface area contributed by atoms with E-state index in [4.69, 9.17) is 4.74 Å². The van der Waals surface area contributed by atoms with Gasteiger partial charge in [-0.05, 0) is 23.1 Å². The molecule has 0 radical (unpaired) electrons. The van der Waals surface area contributed by atoms with Gasteiger partial charge in [0.15, 0.2) is 0 Å². The summed E-state index contributed by atoms with van der Waals surface area (Å²) in [5, 5.41) is 2.66. The molecule has 0 saturated carbocycles. The molecule has 0 saturated heterocycles. The number of hydrogen-bond donors (Lipinski definition) is 1. The highest BCUT2D eigenvalue weighted by molar-refractivity contribution is 5.67. The fraction of sp³-hybridized carbons (Fsp3) is 0.500. The molecule has 4 heteroatoms. The number of ether oxygens (including phenoxy) is 2. The molecule has 1 aromatic carbocycles. The van der Waals surface area contributed by atoms with Crippen LogP contribution in [-0.2, 0) is 16.7 Å². The number of carbonyl (C=O) groups excluding carboxylic acids is 1. The van der Waals surface area contributed by atoms with Gasteiger partial charge in [-0.3, -0.25) is 0 Å². The van der Waals surface area contributed by atoms with Crippen molar-refractivity contribution in [1.82, 2.24) is 5.32 Å². The van der Waals surface area contributed by atoms with Gasteiger partial charge in [0.2, 0.25) is 0 Å². The molecule has 0 unspecified atom stereocenters. The van der Waals surface area contributed by atoms with Crippen molar-refractivity contribution in [2.75, 3.05) is 14.2 Å². The summed E-state index contributed by atoms with van der Waals surface area (Å²) in [7, 11) is 2.96. The van der Waals surface area contributed by atoms with E-state index in [0.29, 0.717) is 6.54 Å². The highest BCUT2D eigenvalue weighted by atomic mass is 16.5. The minimum Gasteiger partial charge on any atom is -0.496 e. The molecule has 4 nitrogen and oxygen atoms in total. The summed E-state index contributed by atoms with van der Waals surface area (Å²) in [5.74, 6) is 0.763. The third kappa shape index (κ3) is 3.65. The molecule has 100 valence electrons. The van der Waals surface area contributed by atoms with Gasteiger partial charge in [-0.2, -0.15) is 0 Å². The monoisotopic (exact) mass is 251 g/mol. The van der Waals surface area contributed by atoms with Gasteiger partial charge in [-0.25, -0.2) is 4.79 Å². The highest BCUT2D eigenvalue weighted by Gasteiger charge is 2.16. The van der Waals surface area contributed by atoms with E-state index < -0.39 is 6.09 Å². The minimum atomic E-state index is -0.446. The van der Waals surface area contributed by atoms with Gasteiger partial charge in [0.1, 0.15) is 5.75 Å². The average Bonchev–Trinajstić information content (AvgIpc) is 2.34. The summed E-state index contributed by atoms with van der Waals surface area (Å²) in [6, 6.07) is 6.02. The van der Waals surface area contributed by atoms with Crippen molar-refractivity contribution in [2.24, 2.45) is 0 Å². The van der Waals surface area contributed by atoms with E-state index in [0.717, 1.165) is 11.3 Å². The summed E-state index contributed by atoms with van der Waals surface area (Å²) in [5.41, 5.74) is 2.20. The average molecular weight is 251 g/mol.